The molecule has 1 fully saturated rings. The molecule has 3 aromatic rings. The molecule has 72 heavy (non-hydrogen) atoms. The minimum atomic E-state index is -1.02. The summed E-state index contributed by atoms with van der Waals surface area (Å²) in [6.07, 6.45) is 19.2. The van der Waals surface area contributed by atoms with Crippen LogP contribution >= 0.6 is 0 Å². The van der Waals surface area contributed by atoms with Gasteiger partial charge in [0.1, 0.15) is 18.1 Å². The second kappa shape index (κ2) is 35.6. The van der Waals surface area contributed by atoms with Crippen molar-refractivity contribution in [1.29, 1.82) is 0 Å². The normalized spacial score (nSPS) is 16.6. The van der Waals surface area contributed by atoms with Crippen LogP contribution in [0.2, 0.25) is 0 Å². The number of benzene rings is 3. The molecule has 0 aromatic heterocycles. The lowest BCUT2D eigenvalue weighted by Gasteiger charge is -2.34. The molecule has 12 nitrogen and oxygen atoms in total. The maximum Gasteiger partial charge on any atom is 0.328 e. The molecule has 5 atom stereocenters. The van der Waals surface area contributed by atoms with Crippen LogP contribution < -0.4 is 16.0 Å². The van der Waals surface area contributed by atoms with Crippen molar-refractivity contribution in [2.45, 2.75) is 193 Å². The van der Waals surface area contributed by atoms with Gasteiger partial charge in [-0.2, -0.15) is 0 Å². The number of nitrogens with one attached hydrogen (secondary N) is 3. The highest BCUT2D eigenvalue weighted by Crippen LogP contribution is 2.35. The molecule has 396 valence electrons. The largest absolute Gasteiger partial charge is 0.464 e. The number of hydrogen-bond acceptors (Lipinski definition) is 9. The lowest BCUT2D eigenvalue weighted by Crippen LogP contribution is -2.52. The summed E-state index contributed by atoms with van der Waals surface area (Å²) in [6.45, 7) is 7.20. The highest BCUT2D eigenvalue weighted by atomic mass is 16.5. The molecule has 0 aliphatic heterocycles. The van der Waals surface area contributed by atoms with E-state index in [9.17, 15) is 28.8 Å². The molecule has 0 radical (unpaired) electrons. The maximum absolute atomic E-state index is 14.6. The number of esters is 3. The molecule has 0 heterocycles. The molecule has 3 N–H and O–H groups in total. The zero-order valence-corrected chi connectivity index (χ0v) is 43.9. The minimum Gasteiger partial charge on any atom is -0.464 e. The van der Waals surface area contributed by atoms with Gasteiger partial charge in [0.2, 0.25) is 17.7 Å². The summed E-state index contributed by atoms with van der Waals surface area (Å²) in [5, 5.41) is 8.91. The van der Waals surface area contributed by atoms with Crippen LogP contribution in [0.15, 0.2) is 91.0 Å². The van der Waals surface area contributed by atoms with Crippen molar-refractivity contribution >= 4 is 35.6 Å². The van der Waals surface area contributed by atoms with Crippen LogP contribution in [0.25, 0.3) is 0 Å². The van der Waals surface area contributed by atoms with Crippen LogP contribution in [-0.2, 0) is 62.2 Å². The molecule has 4 rings (SSSR count). The lowest BCUT2D eigenvalue weighted by molar-refractivity contribution is -0.150. The van der Waals surface area contributed by atoms with Gasteiger partial charge in [0.25, 0.3) is 0 Å². The van der Waals surface area contributed by atoms with Gasteiger partial charge in [0, 0.05) is 37.0 Å². The Morgan fingerprint density at radius 1 is 0.375 bits per heavy atom. The predicted molar refractivity (Wildman–Crippen MR) is 284 cm³/mol. The van der Waals surface area contributed by atoms with Crippen LogP contribution in [0.3, 0.4) is 0 Å². The zero-order chi connectivity index (χ0) is 51.6. The Morgan fingerprint density at radius 2 is 0.611 bits per heavy atom. The Balaban J connectivity index is 1.58. The van der Waals surface area contributed by atoms with E-state index in [1.807, 2.05) is 91.0 Å². The first-order chi connectivity index (χ1) is 35.1. The second-order valence-electron chi connectivity index (χ2n) is 19.9. The van der Waals surface area contributed by atoms with Gasteiger partial charge in [-0.15, -0.1) is 0 Å². The van der Waals surface area contributed by atoms with Gasteiger partial charge in [-0.1, -0.05) is 208 Å². The van der Waals surface area contributed by atoms with Gasteiger partial charge in [-0.05, 0) is 55.2 Å². The van der Waals surface area contributed by atoms with Crippen LogP contribution in [0.1, 0.15) is 172 Å². The molecule has 0 spiro atoms. The molecular weight excluding hydrogens is 907 g/mol. The van der Waals surface area contributed by atoms with Gasteiger partial charge in [-0.25, -0.2) is 14.4 Å². The Bertz CT molecular complexity index is 1770. The van der Waals surface area contributed by atoms with E-state index in [1.165, 1.54) is 0 Å². The summed E-state index contributed by atoms with van der Waals surface area (Å²) < 4.78 is 17.3. The van der Waals surface area contributed by atoms with E-state index >= 15 is 0 Å². The number of amides is 3. The fourth-order valence-corrected chi connectivity index (χ4v) is 9.43. The molecule has 12 heteroatoms. The lowest BCUT2D eigenvalue weighted by atomic mass is 9.73. The summed E-state index contributed by atoms with van der Waals surface area (Å²) in [6, 6.07) is 25.1. The average molecular weight is 994 g/mol. The van der Waals surface area contributed by atoms with Crippen LogP contribution in [0.4, 0.5) is 0 Å². The Kier molecular flexibility index (Phi) is 29.2. The van der Waals surface area contributed by atoms with Crippen molar-refractivity contribution in [3.05, 3.63) is 108 Å². The third-order valence-electron chi connectivity index (χ3n) is 13.7. The standard InChI is InChI=1S/C60H87N3O9/c1-4-7-10-13-16-28-37-70-58(67)52(40-46-31-22-19-23-32-46)61-55(64)49-43-50(56(65)62-53(41-47-33-24-20-25-34-47)59(68)71-38-29-17-14-11-8-5-2)45-51(44-49)57(66)63-54(42-48-35-26-21-27-36-48)60(69)72-39-30-18-15-12-9-6-3/h19-27,31-36,49-54H,4-18,28-30,37-45H2,1-3H3,(H,61,64)(H,62,65)(H,63,66)/t49?,50?,51?,52-,53?,54?/m0/s1. The Morgan fingerprint density at radius 3 is 0.861 bits per heavy atom. The molecule has 4 unspecified atom stereocenters. The molecule has 3 amide bonds. The van der Waals surface area contributed by atoms with E-state index in [1.54, 1.807) is 0 Å². The summed E-state index contributed by atoms with van der Waals surface area (Å²) in [4.78, 5) is 85.1. The first-order valence-electron chi connectivity index (χ1n) is 27.6. The van der Waals surface area contributed by atoms with Gasteiger partial charge in [0.15, 0.2) is 0 Å². The molecule has 3 aromatic carbocycles. The zero-order valence-electron chi connectivity index (χ0n) is 43.9. The van der Waals surface area contributed by atoms with Crippen molar-refractivity contribution in [2.75, 3.05) is 19.8 Å². The Labute approximate surface area is 431 Å². The van der Waals surface area contributed by atoms with Crippen molar-refractivity contribution < 1.29 is 43.0 Å². The van der Waals surface area contributed by atoms with Gasteiger partial charge >= 0.3 is 17.9 Å². The second-order valence-corrected chi connectivity index (χ2v) is 19.9. The topological polar surface area (TPSA) is 166 Å². The number of carbonyl (C=O) groups is 6. The molecular formula is C60H87N3O9. The van der Waals surface area contributed by atoms with Gasteiger partial charge < -0.3 is 30.2 Å². The third kappa shape index (κ3) is 23.4. The number of unbranched alkanes of at least 4 members (excludes halogenated alkanes) is 15. The molecule has 1 aliphatic carbocycles. The van der Waals surface area contributed by atoms with Crippen LogP contribution in [0.5, 0.6) is 0 Å². The smallest absolute Gasteiger partial charge is 0.328 e. The van der Waals surface area contributed by atoms with Crippen molar-refractivity contribution in [1.82, 2.24) is 16.0 Å². The molecule has 0 saturated heterocycles. The summed E-state index contributed by atoms with van der Waals surface area (Å²) in [5.41, 5.74) is 2.49. The van der Waals surface area contributed by atoms with E-state index in [2.05, 4.69) is 36.7 Å². The van der Waals surface area contributed by atoms with Gasteiger partial charge in [0.05, 0.1) is 19.8 Å². The summed E-state index contributed by atoms with van der Waals surface area (Å²) >= 11 is 0. The Hall–Kier alpha value is -5.52. The van der Waals surface area contributed by atoms with E-state index in [-0.39, 0.29) is 58.3 Å². The molecule has 0 bridgehead atoms. The SMILES string of the molecule is CCCCCCCCOC(=O)C(Cc1ccccc1)NC(=O)C1CC(C(=O)NC(Cc2ccccc2)C(=O)OCCCCCCCC)CC(C(=O)N[C@@H](Cc2ccccc2)C(=O)OCCCCCCCC)C1. The monoisotopic (exact) mass is 994 g/mol. The van der Waals surface area contributed by atoms with Crippen LogP contribution in [-0.4, -0.2) is 73.6 Å². The molecule has 1 aliphatic rings. The first kappa shape index (κ1) is 59.0. The minimum absolute atomic E-state index is 0.0604. The maximum atomic E-state index is 14.6. The third-order valence-corrected chi connectivity index (χ3v) is 13.7. The fourth-order valence-electron chi connectivity index (χ4n) is 9.43. The van der Waals surface area contributed by atoms with E-state index < -0.39 is 71.5 Å². The first-order valence-corrected chi connectivity index (χ1v) is 27.6. The van der Waals surface area contributed by atoms with E-state index in [4.69, 9.17) is 14.2 Å². The summed E-state index contributed by atoms with van der Waals surface area (Å²) in [7, 11) is 0. The number of rotatable bonds is 36. The van der Waals surface area contributed by atoms with Crippen molar-refractivity contribution in [3.8, 4) is 0 Å². The predicted octanol–water partition coefficient (Wildman–Crippen LogP) is 10.9. The van der Waals surface area contributed by atoms with Crippen molar-refractivity contribution in [3.63, 3.8) is 0 Å². The quantitative estimate of drug-likeness (QED) is 0.0292. The van der Waals surface area contributed by atoms with Gasteiger partial charge in [-0.3, -0.25) is 14.4 Å². The average Bonchev–Trinajstić information content (AvgIpc) is 3.40. The number of hydrogen-bond donors (Lipinski definition) is 3. The van der Waals surface area contributed by atoms with E-state index in [0.717, 1.165) is 113 Å². The highest BCUT2D eigenvalue weighted by Gasteiger charge is 2.42. The van der Waals surface area contributed by atoms with Crippen LogP contribution in [0, 0.1) is 17.8 Å². The fraction of sp³-hybridized carbons (Fsp3) is 0.600. The number of ether oxygens (including phenoxy) is 3. The highest BCUT2D eigenvalue weighted by molar-refractivity contribution is 5.91. The van der Waals surface area contributed by atoms with E-state index in [0.29, 0.717) is 19.3 Å². The summed E-state index contributed by atoms with van der Waals surface area (Å²) in [5.74, 6) is -5.74. The number of carbonyl (C=O) groups excluding carboxylic acids is 6. The molecule has 1 saturated carbocycles. The van der Waals surface area contributed by atoms with Crippen molar-refractivity contribution in [2.24, 2.45) is 17.8 Å².